The van der Waals surface area contributed by atoms with E-state index in [1.54, 1.807) is 39.0 Å². The molecule has 1 aromatic heterocycles. The van der Waals surface area contributed by atoms with Crippen molar-refractivity contribution in [2.24, 2.45) is 0 Å². The molecule has 2 N–H and O–H groups in total. The van der Waals surface area contributed by atoms with Gasteiger partial charge in [-0.3, -0.25) is 9.59 Å². The second-order valence-electron chi connectivity index (χ2n) is 7.84. The average Bonchev–Trinajstić information content (AvgIpc) is 2.76. The van der Waals surface area contributed by atoms with E-state index in [4.69, 9.17) is 18.9 Å². The van der Waals surface area contributed by atoms with E-state index in [-0.39, 0.29) is 35.6 Å². The molecule has 1 heterocycles. The molecule has 0 fully saturated rings. The molecule has 0 bridgehead atoms. The van der Waals surface area contributed by atoms with E-state index in [1.165, 1.54) is 33.3 Å². The van der Waals surface area contributed by atoms with Gasteiger partial charge in [-0.2, -0.15) is 9.97 Å². The van der Waals surface area contributed by atoms with Crippen LogP contribution in [0.4, 0.5) is 0 Å². The molecule has 0 spiro atoms. The Morgan fingerprint density at radius 3 is 2.21 bits per heavy atom. The number of carbonyl (C=O) groups excluding carboxylic acids is 3. The van der Waals surface area contributed by atoms with Crippen LogP contribution in [0.3, 0.4) is 0 Å². The molecule has 1 aromatic carbocycles. The lowest BCUT2D eigenvalue weighted by molar-refractivity contribution is -0.158. The number of hydrogen-bond acceptors (Lipinski definition) is 9. The van der Waals surface area contributed by atoms with Gasteiger partial charge in [0.25, 0.3) is 5.91 Å². The van der Waals surface area contributed by atoms with Gasteiger partial charge in [0.1, 0.15) is 17.4 Å². The summed E-state index contributed by atoms with van der Waals surface area (Å²) in [6.45, 7) is 6.33. The van der Waals surface area contributed by atoms with Crippen LogP contribution in [-0.2, 0) is 14.3 Å². The molecule has 1 atom stereocenters. The van der Waals surface area contributed by atoms with E-state index in [0.29, 0.717) is 0 Å². The summed E-state index contributed by atoms with van der Waals surface area (Å²) in [5, 5.41) is 4.97. The molecule has 0 aliphatic carbocycles. The first-order valence-electron chi connectivity index (χ1n) is 10.1. The third kappa shape index (κ3) is 7.95. The normalized spacial score (nSPS) is 11.7. The third-order valence-electron chi connectivity index (χ3n) is 3.96. The molecule has 33 heavy (non-hydrogen) atoms. The summed E-state index contributed by atoms with van der Waals surface area (Å²) >= 11 is 0. The van der Waals surface area contributed by atoms with Crippen LogP contribution in [0.25, 0.3) is 0 Å². The van der Waals surface area contributed by atoms with Gasteiger partial charge in [0.15, 0.2) is 0 Å². The quantitative estimate of drug-likeness (QED) is 0.537. The van der Waals surface area contributed by atoms with Crippen LogP contribution in [0.5, 0.6) is 23.5 Å². The maximum absolute atomic E-state index is 12.7. The Hall–Kier alpha value is -3.89. The van der Waals surface area contributed by atoms with Gasteiger partial charge in [0.2, 0.25) is 17.7 Å². The smallest absolute Gasteiger partial charge is 0.328 e. The van der Waals surface area contributed by atoms with E-state index in [1.807, 2.05) is 0 Å². The molecular weight excluding hydrogens is 432 g/mol. The Bertz CT molecular complexity index is 982. The van der Waals surface area contributed by atoms with Gasteiger partial charge < -0.3 is 29.6 Å². The summed E-state index contributed by atoms with van der Waals surface area (Å²) in [5.74, 6) is -1.10. The van der Waals surface area contributed by atoms with Crippen LogP contribution in [-0.4, -0.2) is 60.2 Å². The first-order chi connectivity index (χ1) is 15.5. The van der Waals surface area contributed by atoms with Crippen LogP contribution in [0.2, 0.25) is 0 Å². The number of benzene rings is 1. The Morgan fingerprint density at radius 2 is 1.64 bits per heavy atom. The molecule has 0 radical (unpaired) electrons. The molecule has 11 nitrogen and oxygen atoms in total. The van der Waals surface area contributed by atoms with Crippen molar-refractivity contribution >= 4 is 17.8 Å². The van der Waals surface area contributed by atoms with Crippen molar-refractivity contribution in [3.05, 3.63) is 35.9 Å². The first-order valence-corrected chi connectivity index (χ1v) is 10.1. The van der Waals surface area contributed by atoms with Crippen molar-refractivity contribution in [1.29, 1.82) is 0 Å². The topological polar surface area (TPSA) is 138 Å². The van der Waals surface area contributed by atoms with Gasteiger partial charge in [-0.05, 0) is 39.8 Å². The number of esters is 1. The third-order valence-corrected chi connectivity index (χ3v) is 3.96. The molecule has 0 aliphatic heterocycles. The number of aromatic nitrogens is 2. The van der Waals surface area contributed by atoms with Crippen molar-refractivity contribution in [3.63, 3.8) is 0 Å². The maximum atomic E-state index is 12.7. The molecule has 0 saturated carbocycles. The Morgan fingerprint density at radius 1 is 1.03 bits per heavy atom. The molecule has 1 unspecified atom stereocenters. The van der Waals surface area contributed by atoms with E-state index in [9.17, 15) is 14.4 Å². The lowest BCUT2D eigenvalue weighted by Gasteiger charge is -2.22. The Kier molecular flexibility index (Phi) is 8.55. The summed E-state index contributed by atoms with van der Waals surface area (Å²) in [7, 11) is 2.86. The zero-order valence-electron chi connectivity index (χ0n) is 19.4. The predicted molar refractivity (Wildman–Crippen MR) is 117 cm³/mol. The number of amides is 2. The highest BCUT2D eigenvalue weighted by molar-refractivity contribution is 5.99. The summed E-state index contributed by atoms with van der Waals surface area (Å²) in [4.78, 5) is 45.0. The van der Waals surface area contributed by atoms with E-state index >= 15 is 0 Å². The largest absolute Gasteiger partial charge is 0.481 e. The van der Waals surface area contributed by atoms with E-state index in [0.717, 1.165) is 0 Å². The van der Waals surface area contributed by atoms with Gasteiger partial charge >= 0.3 is 12.0 Å². The van der Waals surface area contributed by atoms with Crippen LogP contribution < -0.4 is 24.8 Å². The van der Waals surface area contributed by atoms with Gasteiger partial charge in [-0.25, -0.2) is 4.79 Å². The van der Waals surface area contributed by atoms with Gasteiger partial charge in [-0.15, -0.1) is 0 Å². The molecule has 2 aromatic rings. The van der Waals surface area contributed by atoms with Gasteiger partial charge in [0, 0.05) is 0 Å². The zero-order valence-corrected chi connectivity index (χ0v) is 19.4. The molecule has 2 rings (SSSR count). The van der Waals surface area contributed by atoms with Crippen molar-refractivity contribution < 1.29 is 33.3 Å². The number of rotatable bonds is 9. The van der Waals surface area contributed by atoms with Crippen LogP contribution in [0.15, 0.2) is 30.3 Å². The predicted octanol–water partition coefficient (Wildman–Crippen LogP) is 1.86. The van der Waals surface area contributed by atoms with Crippen molar-refractivity contribution in [3.8, 4) is 23.5 Å². The number of nitrogens with zero attached hydrogens (tertiary/aromatic N) is 2. The Labute approximate surface area is 191 Å². The number of ether oxygens (including phenoxy) is 4. The number of carbonyl (C=O) groups is 3. The number of methoxy groups -OCH3 is 2. The highest BCUT2D eigenvalue weighted by Crippen LogP contribution is 2.26. The SMILES string of the molecule is COc1cc(OC)nc(Oc2ccccc2C(=O)NCC(=O)NC(C)C(=O)OC(C)(C)C)n1. The zero-order chi connectivity index (χ0) is 24.6. The van der Waals surface area contributed by atoms with Crippen LogP contribution >= 0.6 is 0 Å². The first kappa shape index (κ1) is 25.4. The van der Waals surface area contributed by atoms with Gasteiger partial charge in [-0.1, -0.05) is 12.1 Å². The molecule has 0 saturated heterocycles. The fraction of sp³-hybridized carbons (Fsp3) is 0.409. The number of nitrogens with one attached hydrogen (secondary N) is 2. The highest BCUT2D eigenvalue weighted by atomic mass is 16.6. The summed E-state index contributed by atoms with van der Waals surface area (Å²) in [6, 6.07) is 6.89. The van der Waals surface area contributed by atoms with Crippen LogP contribution in [0, 0.1) is 0 Å². The molecule has 2 amide bonds. The minimum Gasteiger partial charge on any atom is -0.481 e. The molecule has 178 valence electrons. The lowest BCUT2D eigenvalue weighted by Crippen LogP contribution is -2.46. The van der Waals surface area contributed by atoms with Crippen molar-refractivity contribution in [2.45, 2.75) is 39.3 Å². The second-order valence-corrected chi connectivity index (χ2v) is 7.84. The van der Waals surface area contributed by atoms with Crippen LogP contribution in [0.1, 0.15) is 38.1 Å². The minimum absolute atomic E-state index is 0.0876. The average molecular weight is 460 g/mol. The summed E-state index contributed by atoms with van der Waals surface area (Å²) < 4.78 is 21.0. The number of para-hydroxylation sites is 1. The molecule has 0 aliphatic rings. The fourth-order valence-electron chi connectivity index (χ4n) is 2.48. The van der Waals surface area contributed by atoms with Crippen molar-refractivity contribution in [1.82, 2.24) is 20.6 Å². The molecular formula is C22H28N4O7. The second kappa shape index (κ2) is 11.1. The Balaban J connectivity index is 2.03. The monoisotopic (exact) mass is 460 g/mol. The summed E-state index contributed by atoms with van der Waals surface area (Å²) in [5.41, 5.74) is -0.527. The van der Waals surface area contributed by atoms with E-state index < -0.39 is 29.4 Å². The maximum Gasteiger partial charge on any atom is 0.328 e. The standard InChI is InChI=1S/C22H28N4O7/c1-13(20(29)33-22(2,3)4)24-16(27)12-23-19(28)14-9-7-8-10-15(14)32-21-25-17(30-5)11-18(26-21)31-6/h7-11,13H,12H2,1-6H3,(H,23,28)(H,24,27). The molecule has 11 heteroatoms. The van der Waals surface area contributed by atoms with Gasteiger partial charge in [0.05, 0.1) is 32.4 Å². The lowest BCUT2D eigenvalue weighted by atomic mass is 10.2. The fourth-order valence-corrected chi connectivity index (χ4v) is 2.48. The minimum atomic E-state index is -0.871. The number of hydrogen-bond donors (Lipinski definition) is 2. The van der Waals surface area contributed by atoms with E-state index in [2.05, 4.69) is 20.6 Å². The highest BCUT2D eigenvalue weighted by Gasteiger charge is 2.23. The van der Waals surface area contributed by atoms with Crippen molar-refractivity contribution in [2.75, 3.05) is 20.8 Å². The summed E-state index contributed by atoms with van der Waals surface area (Å²) in [6.07, 6.45) is 0.